The number of rotatable bonds is 4. The molecule has 1 aliphatic rings. The Morgan fingerprint density at radius 2 is 1.74 bits per heavy atom. The maximum Gasteiger partial charge on any atom is 0.243 e. The molecule has 6 heteroatoms. The monoisotopic (exact) mass is 330 g/mol. The Morgan fingerprint density at radius 3 is 2.48 bits per heavy atom. The van der Waals surface area contributed by atoms with Crippen molar-refractivity contribution in [3.05, 3.63) is 60.2 Å². The Labute approximate surface area is 136 Å². The van der Waals surface area contributed by atoms with Crippen LogP contribution in [0.3, 0.4) is 0 Å². The lowest BCUT2D eigenvalue weighted by Gasteiger charge is -2.22. The van der Waals surface area contributed by atoms with E-state index in [-0.39, 0.29) is 17.3 Å². The lowest BCUT2D eigenvalue weighted by Crippen LogP contribution is -2.40. The third kappa shape index (κ3) is 3.00. The van der Waals surface area contributed by atoms with Gasteiger partial charge in [0.1, 0.15) is 0 Å². The normalized spacial score (nSPS) is 14.1. The van der Waals surface area contributed by atoms with Crippen molar-refractivity contribution < 1.29 is 13.2 Å². The van der Waals surface area contributed by atoms with Gasteiger partial charge in [0.2, 0.25) is 15.9 Å². The summed E-state index contributed by atoms with van der Waals surface area (Å²) in [6.07, 6.45) is 0.803. The van der Waals surface area contributed by atoms with Crippen LogP contribution >= 0.6 is 0 Å². The number of likely N-dealkylation sites (N-methyl/N-ethyl adjacent to an activating group) is 1. The first-order valence-corrected chi connectivity index (χ1v) is 8.84. The molecule has 0 saturated carbocycles. The Hall–Kier alpha value is -2.18. The van der Waals surface area contributed by atoms with E-state index < -0.39 is 10.0 Å². The van der Waals surface area contributed by atoms with Crippen LogP contribution in [0, 0.1) is 0 Å². The number of carbonyl (C=O) groups is 1. The van der Waals surface area contributed by atoms with Crippen LogP contribution in [0.2, 0.25) is 0 Å². The predicted octanol–water partition coefficient (Wildman–Crippen LogP) is 1.90. The summed E-state index contributed by atoms with van der Waals surface area (Å²) >= 11 is 0. The molecule has 0 fully saturated rings. The van der Waals surface area contributed by atoms with Gasteiger partial charge in [-0.1, -0.05) is 36.4 Å². The number of para-hydroxylation sites is 1. The molecule has 0 aromatic heterocycles. The Balaban J connectivity index is 1.76. The second-order valence-corrected chi connectivity index (χ2v) is 7.54. The number of anilines is 1. The van der Waals surface area contributed by atoms with Crippen LogP contribution in [0.1, 0.15) is 5.56 Å². The highest BCUT2D eigenvalue weighted by Gasteiger charge is 2.28. The van der Waals surface area contributed by atoms with Crippen molar-refractivity contribution in [2.75, 3.05) is 25.0 Å². The zero-order valence-corrected chi connectivity index (χ0v) is 13.7. The van der Waals surface area contributed by atoms with Crippen molar-refractivity contribution >= 4 is 21.6 Å². The number of sulfonamides is 1. The number of hydrogen-bond acceptors (Lipinski definition) is 3. The van der Waals surface area contributed by atoms with Crippen molar-refractivity contribution in [3.63, 3.8) is 0 Å². The molecule has 1 aliphatic heterocycles. The SMILES string of the molecule is CN(CC(=O)N1CCc2ccccc21)S(=O)(=O)c1ccccc1. The molecular weight excluding hydrogens is 312 g/mol. The van der Waals surface area contributed by atoms with Gasteiger partial charge in [-0.2, -0.15) is 4.31 Å². The van der Waals surface area contributed by atoms with Crippen molar-refractivity contribution in [2.24, 2.45) is 0 Å². The van der Waals surface area contributed by atoms with E-state index in [1.54, 1.807) is 23.1 Å². The van der Waals surface area contributed by atoms with Gasteiger partial charge in [-0.05, 0) is 30.2 Å². The second kappa shape index (κ2) is 6.14. The van der Waals surface area contributed by atoms with Crippen molar-refractivity contribution in [1.82, 2.24) is 4.31 Å². The molecule has 1 heterocycles. The first kappa shape index (κ1) is 15.7. The van der Waals surface area contributed by atoms with E-state index in [0.717, 1.165) is 22.0 Å². The summed E-state index contributed by atoms with van der Waals surface area (Å²) in [4.78, 5) is 14.4. The molecule has 0 saturated heterocycles. The van der Waals surface area contributed by atoms with Gasteiger partial charge >= 0.3 is 0 Å². The largest absolute Gasteiger partial charge is 0.311 e. The van der Waals surface area contributed by atoms with Crippen LogP contribution < -0.4 is 4.90 Å². The van der Waals surface area contributed by atoms with Gasteiger partial charge in [0.25, 0.3) is 0 Å². The highest BCUT2D eigenvalue weighted by molar-refractivity contribution is 7.89. The van der Waals surface area contributed by atoms with E-state index >= 15 is 0 Å². The molecule has 0 aliphatic carbocycles. The van der Waals surface area contributed by atoms with E-state index in [9.17, 15) is 13.2 Å². The third-order valence-corrected chi connectivity index (χ3v) is 5.82. The summed E-state index contributed by atoms with van der Waals surface area (Å²) in [5.74, 6) is -0.211. The average Bonchev–Trinajstić information content (AvgIpc) is 2.99. The van der Waals surface area contributed by atoms with Gasteiger partial charge in [0.15, 0.2) is 0 Å². The number of nitrogens with zero attached hydrogens (tertiary/aromatic N) is 2. The molecule has 23 heavy (non-hydrogen) atoms. The fourth-order valence-electron chi connectivity index (χ4n) is 2.73. The summed E-state index contributed by atoms with van der Waals surface area (Å²) in [7, 11) is -2.22. The first-order chi connectivity index (χ1) is 11.0. The maximum atomic E-state index is 12.5. The van der Waals surface area contributed by atoms with Gasteiger partial charge in [-0.25, -0.2) is 8.42 Å². The van der Waals surface area contributed by atoms with Crippen molar-refractivity contribution in [2.45, 2.75) is 11.3 Å². The number of amides is 1. The quantitative estimate of drug-likeness (QED) is 0.860. The summed E-state index contributed by atoms with van der Waals surface area (Å²) < 4.78 is 26.1. The summed E-state index contributed by atoms with van der Waals surface area (Å²) in [5, 5.41) is 0. The fraction of sp³-hybridized carbons (Fsp3) is 0.235. The number of carbonyl (C=O) groups excluding carboxylic acids is 1. The van der Waals surface area contributed by atoms with Crippen LogP contribution in [0.25, 0.3) is 0 Å². The lowest BCUT2D eigenvalue weighted by molar-refractivity contribution is -0.118. The minimum Gasteiger partial charge on any atom is -0.311 e. The van der Waals surface area contributed by atoms with E-state index in [0.29, 0.717) is 6.54 Å². The Kier molecular flexibility index (Phi) is 4.19. The van der Waals surface area contributed by atoms with E-state index in [1.807, 2.05) is 24.3 Å². The molecule has 1 amide bonds. The number of hydrogen-bond donors (Lipinski definition) is 0. The van der Waals surface area contributed by atoms with Gasteiger partial charge < -0.3 is 4.90 Å². The number of benzene rings is 2. The molecule has 3 rings (SSSR count). The van der Waals surface area contributed by atoms with Crippen LogP contribution in [0.5, 0.6) is 0 Å². The average molecular weight is 330 g/mol. The van der Waals surface area contributed by atoms with Crippen LogP contribution in [0.4, 0.5) is 5.69 Å². The fourth-order valence-corrected chi connectivity index (χ4v) is 3.87. The molecule has 0 radical (unpaired) electrons. The summed E-state index contributed by atoms with van der Waals surface area (Å²) in [6.45, 7) is 0.420. The highest BCUT2D eigenvalue weighted by Crippen LogP contribution is 2.27. The smallest absolute Gasteiger partial charge is 0.243 e. The van der Waals surface area contributed by atoms with Gasteiger partial charge in [-0.3, -0.25) is 4.79 Å². The minimum absolute atomic E-state index is 0.175. The molecule has 0 N–H and O–H groups in total. The standard InChI is InChI=1S/C17H18N2O3S/c1-18(23(21,22)15-8-3-2-4-9-15)13-17(20)19-12-11-14-7-5-6-10-16(14)19/h2-10H,11-13H2,1H3. The molecule has 2 aromatic carbocycles. The molecule has 5 nitrogen and oxygen atoms in total. The van der Waals surface area contributed by atoms with Gasteiger partial charge in [0, 0.05) is 19.3 Å². The van der Waals surface area contributed by atoms with Gasteiger partial charge in [-0.15, -0.1) is 0 Å². The van der Waals surface area contributed by atoms with E-state index in [1.165, 1.54) is 19.2 Å². The van der Waals surface area contributed by atoms with E-state index in [4.69, 9.17) is 0 Å². The predicted molar refractivity (Wildman–Crippen MR) is 88.8 cm³/mol. The second-order valence-electron chi connectivity index (χ2n) is 5.50. The minimum atomic E-state index is -3.66. The topological polar surface area (TPSA) is 57.7 Å². The van der Waals surface area contributed by atoms with Crippen LogP contribution in [-0.4, -0.2) is 38.8 Å². The Morgan fingerprint density at radius 1 is 1.09 bits per heavy atom. The van der Waals surface area contributed by atoms with Crippen molar-refractivity contribution in [3.8, 4) is 0 Å². The molecule has 0 bridgehead atoms. The molecule has 2 aromatic rings. The van der Waals surface area contributed by atoms with Gasteiger partial charge in [0.05, 0.1) is 11.4 Å². The zero-order valence-electron chi connectivity index (χ0n) is 12.8. The first-order valence-electron chi connectivity index (χ1n) is 7.40. The summed E-state index contributed by atoms with van der Waals surface area (Å²) in [5.41, 5.74) is 2.00. The zero-order chi connectivity index (χ0) is 16.4. The third-order valence-electron chi connectivity index (χ3n) is 4.00. The van der Waals surface area contributed by atoms with E-state index in [2.05, 4.69) is 0 Å². The van der Waals surface area contributed by atoms with Crippen LogP contribution in [-0.2, 0) is 21.2 Å². The molecular formula is C17H18N2O3S. The number of fused-ring (bicyclic) bond motifs is 1. The Bertz CT molecular complexity index is 819. The molecule has 0 unspecified atom stereocenters. The lowest BCUT2D eigenvalue weighted by atomic mass is 10.2. The molecule has 120 valence electrons. The van der Waals surface area contributed by atoms with Crippen molar-refractivity contribution in [1.29, 1.82) is 0 Å². The maximum absolute atomic E-state index is 12.5. The molecule has 0 spiro atoms. The summed E-state index contributed by atoms with van der Waals surface area (Å²) in [6, 6.07) is 15.9. The highest BCUT2D eigenvalue weighted by atomic mass is 32.2. The van der Waals surface area contributed by atoms with Crippen LogP contribution in [0.15, 0.2) is 59.5 Å². The molecule has 0 atom stereocenters.